The minimum atomic E-state index is 0.400. The molecule has 0 amide bonds. The number of fused-ring (bicyclic) bond motifs is 1. The number of nitrogens with zero attached hydrogens (tertiary/aromatic N) is 2. The summed E-state index contributed by atoms with van der Waals surface area (Å²) in [4.78, 5) is 6.77. The molecule has 0 unspecified atom stereocenters. The number of benzene rings is 1. The van der Waals surface area contributed by atoms with E-state index in [1.807, 2.05) is 12.3 Å². The molecule has 0 spiro atoms. The lowest BCUT2D eigenvalue weighted by Gasteiger charge is -2.28. The third-order valence-electron chi connectivity index (χ3n) is 2.92. The van der Waals surface area contributed by atoms with E-state index < -0.39 is 0 Å². The van der Waals surface area contributed by atoms with E-state index in [1.165, 1.54) is 10.8 Å². The fraction of sp³-hybridized carbons (Fsp3) is 0.357. The molecule has 0 atom stereocenters. The van der Waals surface area contributed by atoms with Gasteiger partial charge in [-0.15, -0.1) is 0 Å². The van der Waals surface area contributed by atoms with Crippen molar-refractivity contribution in [3.05, 3.63) is 36.5 Å². The predicted molar refractivity (Wildman–Crippen MR) is 73.3 cm³/mol. The molecule has 17 heavy (non-hydrogen) atoms. The van der Waals surface area contributed by atoms with Gasteiger partial charge in [0.1, 0.15) is 5.82 Å². The first-order valence-corrected chi connectivity index (χ1v) is 6.04. The molecule has 0 radical (unpaired) electrons. The number of aromatic nitrogens is 1. The number of rotatable bonds is 4. The van der Waals surface area contributed by atoms with Gasteiger partial charge in [-0.3, -0.25) is 0 Å². The van der Waals surface area contributed by atoms with Crippen LogP contribution in [0.5, 0.6) is 0 Å². The summed E-state index contributed by atoms with van der Waals surface area (Å²) in [5.41, 5.74) is 5.68. The van der Waals surface area contributed by atoms with Gasteiger partial charge in [0.05, 0.1) is 0 Å². The number of anilines is 1. The second-order valence-electron chi connectivity index (χ2n) is 4.43. The molecule has 0 aliphatic heterocycles. The van der Waals surface area contributed by atoms with E-state index in [0.29, 0.717) is 12.6 Å². The minimum absolute atomic E-state index is 0.400. The molecule has 1 aromatic heterocycles. The van der Waals surface area contributed by atoms with Crippen LogP contribution in [0.15, 0.2) is 36.5 Å². The average molecular weight is 229 g/mol. The zero-order valence-corrected chi connectivity index (χ0v) is 10.4. The van der Waals surface area contributed by atoms with Crippen molar-refractivity contribution < 1.29 is 0 Å². The molecule has 2 aromatic rings. The Labute approximate surface area is 102 Å². The van der Waals surface area contributed by atoms with Gasteiger partial charge >= 0.3 is 0 Å². The quantitative estimate of drug-likeness (QED) is 0.875. The summed E-state index contributed by atoms with van der Waals surface area (Å²) in [6.45, 7) is 5.81. The summed E-state index contributed by atoms with van der Waals surface area (Å²) in [6, 6.07) is 10.8. The van der Waals surface area contributed by atoms with Crippen molar-refractivity contribution in [1.29, 1.82) is 0 Å². The van der Waals surface area contributed by atoms with Crippen molar-refractivity contribution in [3.63, 3.8) is 0 Å². The van der Waals surface area contributed by atoms with Crippen molar-refractivity contribution in [3.8, 4) is 0 Å². The Hall–Kier alpha value is -1.61. The molecule has 1 aromatic carbocycles. The summed E-state index contributed by atoms with van der Waals surface area (Å²) in [7, 11) is 0. The maximum Gasteiger partial charge on any atom is 0.136 e. The Balaban J connectivity index is 2.52. The number of hydrogen-bond acceptors (Lipinski definition) is 3. The summed E-state index contributed by atoms with van der Waals surface area (Å²) >= 11 is 0. The Morgan fingerprint density at radius 2 is 2.00 bits per heavy atom. The Morgan fingerprint density at radius 3 is 2.71 bits per heavy atom. The van der Waals surface area contributed by atoms with Gasteiger partial charge in [-0.1, -0.05) is 24.3 Å². The lowest BCUT2D eigenvalue weighted by molar-refractivity contribution is 0.677. The Morgan fingerprint density at radius 1 is 1.24 bits per heavy atom. The smallest absolute Gasteiger partial charge is 0.136 e. The molecule has 0 saturated heterocycles. The summed E-state index contributed by atoms with van der Waals surface area (Å²) in [6.07, 6.45) is 1.86. The van der Waals surface area contributed by atoms with Gasteiger partial charge in [0.25, 0.3) is 0 Å². The molecule has 3 heteroatoms. The fourth-order valence-corrected chi connectivity index (χ4v) is 2.08. The topological polar surface area (TPSA) is 42.1 Å². The first-order valence-electron chi connectivity index (χ1n) is 6.04. The van der Waals surface area contributed by atoms with Gasteiger partial charge in [-0.2, -0.15) is 0 Å². The summed E-state index contributed by atoms with van der Waals surface area (Å²) in [5, 5.41) is 2.41. The van der Waals surface area contributed by atoms with Gasteiger partial charge in [0.15, 0.2) is 0 Å². The second kappa shape index (κ2) is 5.15. The van der Waals surface area contributed by atoms with Crippen molar-refractivity contribution in [2.45, 2.75) is 19.9 Å². The zero-order chi connectivity index (χ0) is 12.3. The van der Waals surface area contributed by atoms with Crippen LogP contribution in [-0.2, 0) is 0 Å². The van der Waals surface area contributed by atoms with Gasteiger partial charge in [-0.25, -0.2) is 4.98 Å². The van der Waals surface area contributed by atoms with Crippen LogP contribution >= 0.6 is 0 Å². The highest BCUT2D eigenvalue weighted by Gasteiger charge is 2.13. The molecule has 2 rings (SSSR count). The molecular weight excluding hydrogens is 210 g/mol. The number of pyridine rings is 1. The molecule has 0 aliphatic rings. The molecule has 0 fully saturated rings. The van der Waals surface area contributed by atoms with Crippen molar-refractivity contribution in [1.82, 2.24) is 4.98 Å². The third kappa shape index (κ3) is 2.39. The van der Waals surface area contributed by atoms with Gasteiger partial charge in [-0.05, 0) is 25.3 Å². The largest absolute Gasteiger partial charge is 0.352 e. The van der Waals surface area contributed by atoms with Crippen LogP contribution in [0.2, 0.25) is 0 Å². The summed E-state index contributed by atoms with van der Waals surface area (Å²) < 4.78 is 0. The van der Waals surface area contributed by atoms with Crippen LogP contribution in [0.25, 0.3) is 10.8 Å². The molecular formula is C14H19N3. The maximum absolute atomic E-state index is 5.68. The standard InChI is InChI=1S/C14H19N3/c1-11(2)17(10-8-15)14-13-6-4-3-5-12(13)7-9-16-14/h3-7,9,11H,8,10,15H2,1-2H3. The summed E-state index contributed by atoms with van der Waals surface area (Å²) in [5.74, 6) is 1.03. The molecule has 0 bridgehead atoms. The maximum atomic E-state index is 5.68. The highest BCUT2D eigenvalue weighted by molar-refractivity contribution is 5.92. The van der Waals surface area contributed by atoms with Gasteiger partial charge < -0.3 is 10.6 Å². The van der Waals surface area contributed by atoms with E-state index in [1.54, 1.807) is 0 Å². The van der Waals surface area contributed by atoms with E-state index in [9.17, 15) is 0 Å². The normalized spacial score (nSPS) is 11.1. The Kier molecular flexibility index (Phi) is 3.59. The van der Waals surface area contributed by atoms with E-state index in [0.717, 1.165) is 12.4 Å². The fourth-order valence-electron chi connectivity index (χ4n) is 2.08. The molecule has 2 N–H and O–H groups in total. The zero-order valence-electron chi connectivity index (χ0n) is 10.4. The van der Waals surface area contributed by atoms with E-state index in [4.69, 9.17) is 5.73 Å². The monoisotopic (exact) mass is 229 g/mol. The van der Waals surface area contributed by atoms with E-state index >= 15 is 0 Å². The van der Waals surface area contributed by atoms with Crippen molar-refractivity contribution in [2.75, 3.05) is 18.0 Å². The van der Waals surface area contributed by atoms with Crippen LogP contribution in [0.3, 0.4) is 0 Å². The lowest BCUT2D eigenvalue weighted by atomic mass is 10.1. The average Bonchev–Trinajstić information content (AvgIpc) is 2.35. The molecule has 0 aliphatic carbocycles. The van der Waals surface area contributed by atoms with Crippen LogP contribution in [0, 0.1) is 0 Å². The predicted octanol–water partition coefficient (Wildman–Crippen LogP) is 2.41. The van der Waals surface area contributed by atoms with Crippen molar-refractivity contribution >= 4 is 16.6 Å². The van der Waals surface area contributed by atoms with Crippen LogP contribution < -0.4 is 10.6 Å². The van der Waals surface area contributed by atoms with Gasteiger partial charge in [0.2, 0.25) is 0 Å². The highest BCUT2D eigenvalue weighted by atomic mass is 15.2. The van der Waals surface area contributed by atoms with E-state index in [-0.39, 0.29) is 0 Å². The Bertz CT molecular complexity index is 488. The molecule has 90 valence electrons. The SMILES string of the molecule is CC(C)N(CCN)c1nccc2ccccc12. The molecule has 3 nitrogen and oxygen atoms in total. The number of hydrogen-bond donors (Lipinski definition) is 1. The second-order valence-corrected chi connectivity index (χ2v) is 4.43. The van der Waals surface area contributed by atoms with Crippen LogP contribution in [0.4, 0.5) is 5.82 Å². The van der Waals surface area contributed by atoms with Crippen LogP contribution in [-0.4, -0.2) is 24.1 Å². The third-order valence-corrected chi connectivity index (χ3v) is 2.92. The van der Waals surface area contributed by atoms with Gasteiger partial charge in [0, 0.05) is 30.7 Å². The molecule has 0 saturated carbocycles. The first kappa shape index (κ1) is 11.9. The first-order chi connectivity index (χ1) is 8.24. The van der Waals surface area contributed by atoms with Crippen LogP contribution in [0.1, 0.15) is 13.8 Å². The lowest BCUT2D eigenvalue weighted by Crippen LogP contribution is -2.36. The van der Waals surface area contributed by atoms with E-state index in [2.05, 4.69) is 48.0 Å². The van der Waals surface area contributed by atoms with Crippen molar-refractivity contribution in [2.24, 2.45) is 5.73 Å². The highest BCUT2D eigenvalue weighted by Crippen LogP contribution is 2.25. The molecule has 1 heterocycles. The number of nitrogens with two attached hydrogens (primary N) is 1. The minimum Gasteiger partial charge on any atom is -0.352 e.